The van der Waals surface area contributed by atoms with Crippen LogP contribution >= 0.6 is 0 Å². The number of nitrogens with zero attached hydrogens (tertiary/aromatic N) is 1. The van der Waals surface area contributed by atoms with Crippen LogP contribution < -0.4 is 0 Å². The second-order valence-corrected chi connectivity index (χ2v) is 3.46. The second kappa shape index (κ2) is 5.02. The Morgan fingerprint density at radius 1 is 1.46 bits per heavy atom. The van der Waals surface area contributed by atoms with Crippen molar-refractivity contribution in [3.8, 4) is 0 Å². The maximum Gasteiger partial charge on any atom is 0.333 e. The SMILES string of the molecule is C=C(C)C(=O)OCCCCN1CC1. The molecule has 1 saturated heterocycles. The van der Waals surface area contributed by atoms with Crippen LogP contribution in [0.2, 0.25) is 0 Å². The summed E-state index contributed by atoms with van der Waals surface area (Å²) >= 11 is 0. The molecule has 1 heterocycles. The normalized spacial score (nSPS) is 15.5. The molecule has 0 spiro atoms. The van der Waals surface area contributed by atoms with Crippen LogP contribution in [0.25, 0.3) is 0 Å². The van der Waals surface area contributed by atoms with Crippen LogP contribution in [0.1, 0.15) is 19.8 Å². The van der Waals surface area contributed by atoms with E-state index < -0.39 is 0 Å². The van der Waals surface area contributed by atoms with Gasteiger partial charge in [0.25, 0.3) is 0 Å². The summed E-state index contributed by atoms with van der Waals surface area (Å²) in [6, 6.07) is 0. The van der Waals surface area contributed by atoms with E-state index in [1.807, 2.05) is 0 Å². The van der Waals surface area contributed by atoms with Gasteiger partial charge in [0, 0.05) is 18.7 Å². The van der Waals surface area contributed by atoms with E-state index in [0.29, 0.717) is 12.2 Å². The van der Waals surface area contributed by atoms with E-state index >= 15 is 0 Å². The predicted octanol–water partition coefficient (Wildman–Crippen LogP) is 1.20. The van der Waals surface area contributed by atoms with Gasteiger partial charge in [0.15, 0.2) is 0 Å². The van der Waals surface area contributed by atoms with Gasteiger partial charge in [-0.05, 0) is 26.3 Å². The molecule has 74 valence electrons. The van der Waals surface area contributed by atoms with Crippen LogP contribution in [-0.2, 0) is 9.53 Å². The van der Waals surface area contributed by atoms with Gasteiger partial charge in [0.05, 0.1) is 6.61 Å². The molecule has 3 heteroatoms. The van der Waals surface area contributed by atoms with Crippen molar-refractivity contribution in [1.82, 2.24) is 4.90 Å². The van der Waals surface area contributed by atoms with Crippen molar-refractivity contribution < 1.29 is 9.53 Å². The molecule has 0 aliphatic carbocycles. The largest absolute Gasteiger partial charge is 0.462 e. The Balaban J connectivity index is 1.87. The maximum absolute atomic E-state index is 10.9. The minimum Gasteiger partial charge on any atom is -0.462 e. The minimum atomic E-state index is -0.272. The minimum absolute atomic E-state index is 0.272. The quantitative estimate of drug-likeness (QED) is 0.268. The van der Waals surface area contributed by atoms with Gasteiger partial charge in [-0.2, -0.15) is 0 Å². The zero-order valence-electron chi connectivity index (χ0n) is 8.21. The summed E-state index contributed by atoms with van der Waals surface area (Å²) in [5, 5.41) is 0. The highest BCUT2D eigenvalue weighted by Crippen LogP contribution is 2.05. The molecule has 0 aromatic heterocycles. The Morgan fingerprint density at radius 2 is 2.15 bits per heavy atom. The van der Waals surface area contributed by atoms with Crippen molar-refractivity contribution in [1.29, 1.82) is 0 Å². The maximum atomic E-state index is 10.9. The molecule has 1 aliphatic heterocycles. The third-order valence-electron chi connectivity index (χ3n) is 1.99. The molecule has 0 saturated carbocycles. The van der Waals surface area contributed by atoms with Crippen molar-refractivity contribution in [3.63, 3.8) is 0 Å². The van der Waals surface area contributed by atoms with Crippen LogP contribution in [0.4, 0.5) is 0 Å². The molecule has 0 bridgehead atoms. The highest BCUT2D eigenvalue weighted by molar-refractivity contribution is 5.86. The van der Waals surface area contributed by atoms with Gasteiger partial charge in [-0.15, -0.1) is 0 Å². The molecule has 1 rings (SSSR count). The Hall–Kier alpha value is -0.830. The zero-order valence-corrected chi connectivity index (χ0v) is 8.21. The number of carbonyl (C=O) groups is 1. The fourth-order valence-electron chi connectivity index (χ4n) is 1.02. The standard InChI is InChI=1S/C10H17NO2/c1-9(2)10(12)13-8-4-3-5-11-6-7-11/h1,3-8H2,2H3. The third-order valence-corrected chi connectivity index (χ3v) is 1.99. The van der Waals surface area contributed by atoms with E-state index in [1.165, 1.54) is 13.1 Å². The predicted molar refractivity (Wildman–Crippen MR) is 51.4 cm³/mol. The summed E-state index contributed by atoms with van der Waals surface area (Å²) in [5.74, 6) is -0.272. The number of carbonyl (C=O) groups excluding carboxylic acids is 1. The monoisotopic (exact) mass is 183 g/mol. The first-order chi connectivity index (χ1) is 6.20. The van der Waals surface area contributed by atoms with Crippen molar-refractivity contribution in [2.45, 2.75) is 19.8 Å². The number of esters is 1. The summed E-state index contributed by atoms with van der Waals surface area (Å²) < 4.78 is 4.95. The molecule has 0 radical (unpaired) electrons. The lowest BCUT2D eigenvalue weighted by atomic mass is 10.3. The first-order valence-electron chi connectivity index (χ1n) is 4.75. The molecular formula is C10H17NO2. The van der Waals surface area contributed by atoms with Crippen molar-refractivity contribution >= 4 is 5.97 Å². The van der Waals surface area contributed by atoms with Crippen molar-refractivity contribution in [2.75, 3.05) is 26.2 Å². The molecule has 0 aromatic carbocycles. The summed E-state index contributed by atoms with van der Waals surface area (Å²) in [4.78, 5) is 13.3. The van der Waals surface area contributed by atoms with Crippen LogP contribution in [-0.4, -0.2) is 37.1 Å². The Bertz CT molecular complexity index is 197. The van der Waals surface area contributed by atoms with Gasteiger partial charge in [0.2, 0.25) is 0 Å². The first-order valence-corrected chi connectivity index (χ1v) is 4.75. The van der Waals surface area contributed by atoms with Gasteiger partial charge in [0.1, 0.15) is 0 Å². The Morgan fingerprint density at radius 3 is 2.69 bits per heavy atom. The van der Waals surface area contributed by atoms with Crippen LogP contribution in [0.15, 0.2) is 12.2 Å². The molecule has 0 amide bonds. The third kappa shape index (κ3) is 4.68. The molecule has 13 heavy (non-hydrogen) atoms. The zero-order chi connectivity index (χ0) is 9.68. The molecular weight excluding hydrogens is 166 g/mol. The van der Waals surface area contributed by atoms with E-state index in [0.717, 1.165) is 19.4 Å². The fourth-order valence-corrected chi connectivity index (χ4v) is 1.02. The van der Waals surface area contributed by atoms with E-state index in [4.69, 9.17) is 4.74 Å². The summed E-state index contributed by atoms with van der Waals surface area (Å²) in [6.07, 6.45) is 2.07. The number of unbranched alkanes of at least 4 members (excludes halogenated alkanes) is 1. The molecule has 0 atom stereocenters. The fraction of sp³-hybridized carbons (Fsp3) is 0.700. The number of ether oxygens (including phenoxy) is 1. The highest BCUT2D eigenvalue weighted by atomic mass is 16.5. The topological polar surface area (TPSA) is 29.3 Å². The molecule has 3 nitrogen and oxygen atoms in total. The number of hydrogen-bond donors (Lipinski definition) is 0. The smallest absolute Gasteiger partial charge is 0.333 e. The van der Waals surface area contributed by atoms with Crippen molar-refractivity contribution in [2.24, 2.45) is 0 Å². The van der Waals surface area contributed by atoms with Gasteiger partial charge in [-0.1, -0.05) is 6.58 Å². The number of rotatable bonds is 6. The van der Waals surface area contributed by atoms with Gasteiger partial charge in [-0.25, -0.2) is 4.79 Å². The summed E-state index contributed by atoms with van der Waals surface area (Å²) in [7, 11) is 0. The van der Waals surface area contributed by atoms with E-state index in [1.54, 1.807) is 6.92 Å². The Labute approximate surface area is 79.4 Å². The molecule has 1 aliphatic rings. The lowest BCUT2D eigenvalue weighted by Crippen LogP contribution is -2.07. The summed E-state index contributed by atoms with van der Waals surface area (Å²) in [6.45, 7) is 9.33. The lowest BCUT2D eigenvalue weighted by molar-refractivity contribution is -0.139. The molecule has 1 fully saturated rings. The van der Waals surface area contributed by atoms with E-state index in [9.17, 15) is 4.79 Å². The number of hydrogen-bond acceptors (Lipinski definition) is 3. The van der Waals surface area contributed by atoms with E-state index in [-0.39, 0.29) is 5.97 Å². The van der Waals surface area contributed by atoms with Crippen LogP contribution in [0, 0.1) is 0 Å². The first kappa shape index (κ1) is 10.3. The van der Waals surface area contributed by atoms with Crippen LogP contribution in [0.3, 0.4) is 0 Å². The second-order valence-electron chi connectivity index (χ2n) is 3.46. The molecule has 0 aromatic rings. The average Bonchev–Trinajstić information content (AvgIpc) is 2.87. The average molecular weight is 183 g/mol. The van der Waals surface area contributed by atoms with Gasteiger partial charge >= 0.3 is 5.97 Å². The molecule has 0 unspecified atom stereocenters. The molecule has 0 N–H and O–H groups in total. The summed E-state index contributed by atoms with van der Waals surface area (Å²) in [5.41, 5.74) is 0.478. The van der Waals surface area contributed by atoms with Gasteiger partial charge < -0.3 is 9.64 Å². The lowest BCUT2D eigenvalue weighted by Gasteiger charge is -2.03. The van der Waals surface area contributed by atoms with E-state index in [2.05, 4.69) is 11.5 Å². The van der Waals surface area contributed by atoms with Crippen molar-refractivity contribution in [3.05, 3.63) is 12.2 Å². The Kier molecular flexibility index (Phi) is 3.96. The highest BCUT2D eigenvalue weighted by Gasteiger charge is 2.15. The van der Waals surface area contributed by atoms with Crippen LogP contribution in [0.5, 0.6) is 0 Å². The van der Waals surface area contributed by atoms with Gasteiger partial charge in [-0.3, -0.25) is 0 Å².